The van der Waals surface area contributed by atoms with Crippen LogP contribution >= 0.6 is 0 Å². The molecule has 4 N–H and O–H groups in total. The maximum absolute atomic E-state index is 13.2. The fourth-order valence-corrected chi connectivity index (χ4v) is 4.64. The number of hydrogen-bond acceptors (Lipinski definition) is 6. The normalized spacial score (nSPS) is 29.2. The second-order valence-electron chi connectivity index (χ2n) is 8.17. The zero-order chi connectivity index (χ0) is 21.3. The van der Waals surface area contributed by atoms with Gasteiger partial charge in [0.15, 0.2) is 0 Å². The molecule has 0 aromatic heterocycles. The van der Waals surface area contributed by atoms with Gasteiger partial charge in [0.05, 0.1) is 6.10 Å². The molecule has 3 aliphatic rings. The fraction of sp³-hybridized carbons (Fsp3) is 0.789. The highest BCUT2D eigenvalue weighted by atomic mass is 16.4. The number of nitrogens with two attached hydrogens (primary N) is 1. The van der Waals surface area contributed by atoms with Gasteiger partial charge in [-0.3, -0.25) is 14.4 Å². The average Bonchev–Trinajstić information content (AvgIpc) is 3.45. The van der Waals surface area contributed by atoms with Gasteiger partial charge in [-0.05, 0) is 45.4 Å². The van der Waals surface area contributed by atoms with Crippen LogP contribution in [0.25, 0.3) is 0 Å². The Morgan fingerprint density at radius 1 is 0.828 bits per heavy atom. The lowest BCUT2D eigenvalue weighted by Gasteiger charge is -2.34. The van der Waals surface area contributed by atoms with E-state index in [9.17, 15) is 29.4 Å². The van der Waals surface area contributed by atoms with E-state index in [0.29, 0.717) is 58.2 Å². The lowest BCUT2D eigenvalue weighted by atomic mass is 10.1. The van der Waals surface area contributed by atoms with Crippen molar-refractivity contribution in [3.8, 4) is 0 Å². The van der Waals surface area contributed by atoms with E-state index in [1.807, 2.05) is 0 Å². The highest BCUT2D eigenvalue weighted by Gasteiger charge is 2.46. The fourth-order valence-electron chi connectivity index (χ4n) is 4.64. The Balaban J connectivity index is 1.73. The molecule has 0 aromatic carbocycles. The minimum atomic E-state index is -1.10. The molecule has 3 aliphatic heterocycles. The Hall–Kier alpha value is -2.20. The van der Waals surface area contributed by atoms with Crippen molar-refractivity contribution in [2.24, 2.45) is 5.73 Å². The van der Waals surface area contributed by atoms with Gasteiger partial charge in [-0.2, -0.15) is 0 Å². The van der Waals surface area contributed by atoms with E-state index >= 15 is 0 Å². The highest BCUT2D eigenvalue weighted by Crippen LogP contribution is 2.28. The van der Waals surface area contributed by atoms with Gasteiger partial charge in [0, 0.05) is 19.6 Å². The zero-order valence-electron chi connectivity index (χ0n) is 16.7. The molecule has 29 heavy (non-hydrogen) atoms. The third-order valence-corrected chi connectivity index (χ3v) is 6.27. The molecule has 3 amide bonds. The molecule has 10 heteroatoms. The van der Waals surface area contributed by atoms with E-state index in [0.717, 1.165) is 0 Å². The number of aliphatic hydroxyl groups is 1. The molecule has 162 valence electrons. The number of nitrogens with zero attached hydrogens (tertiary/aromatic N) is 3. The lowest BCUT2D eigenvalue weighted by molar-refractivity contribution is -0.153. The predicted octanol–water partition coefficient (Wildman–Crippen LogP) is -1.25. The maximum atomic E-state index is 13.2. The van der Waals surface area contributed by atoms with Crippen LogP contribution in [-0.4, -0.2) is 98.5 Å². The molecule has 5 atom stereocenters. The molecule has 3 saturated heterocycles. The second-order valence-corrected chi connectivity index (χ2v) is 8.17. The van der Waals surface area contributed by atoms with Crippen LogP contribution in [-0.2, 0) is 19.2 Å². The van der Waals surface area contributed by atoms with E-state index in [2.05, 4.69) is 0 Å². The molecule has 5 unspecified atom stereocenters. The quantitative estimate of drug-likeness (QED) is 0.514. The van der Waals surface area contributed by atoms with Crippen LogP contribution in [0.4, 0.5) is 0 Å². The summed E-state index contributed by atoms with van der Waals surface area (Å²) in [7, 11) is 0. The van der Waals surface area contributed by atoms with E-state index in [-0.39, 0.29) is 11.8 Å². The van der Waals surface area contributed by atoms with Gasteiger partial charge in [0.2, 0.25) is 17.7 Å². The van der Waals surface area contributed by atoms with Gasteiger partial charge in [-0.25, -0.2) is 4.79 Å². The number of aliphatic hydroxyl groups excluding tert-OH is 1. The summed E-state index contributed by atoms with van der Waals surface area (Å²) in [6, 6.07) is -3.33. The van der Waals surface area contributed by atoms with Crippen LogP contribution in [0.5, 0.6) is 0 Å². The monoisotopic (exact) mass is 410 g/mol. The summed E-state index contributed by atoms with van der Waals surface area (Å²) in [6.45, 7) is 2.60. The Morgan fingerprint density at radius 3 is 1.72 bits per heavy atom. The van der Waals surface area contributed by atoms with Crippen LogP contribution in [0.1, 0.15) is 45.4 Å². The SMILES string of the molecule is CC(O)C(N)C(=O)N1CCCC1C(=O)N1CCCC1C(=O)N1CCCC1C(=O)O. The van der Waals surface area contributed by atoms with Crippen molar-refractivity contribution >= 4 is 23.7 Å². The molecule has 0 saturated carbocycles. The molecule has 3 fully saturated rings. The summed E-state index contributed by atoms with van der Waals surface area (Å²) in [6.07, 6.45) is 2.30. The average molecular weight is 410 g/mol. The van der Waals surface area contributed by atoms with Crippen LogP contribution in [0.2, 0.25) is 0 Å². The number of carboxylic acid groups (broad SMARTS) is 1. The van der Waals surface area contributed by atoms with Gasteiger partial charge in [-0.15, -0.1) is 0 Å². The van der Waals surface area contributed by atoms with Crippen LogP contribution in [0.15, 0.2) is 0 Å². The third-order valence-electron chi connectivity index (χ3n) is 6.27. The lowest BCUT2D eigenvalue weighted by Crippen LogP contribution is -2.57. The summed E-state index contributed by atoms with van der Waals surface area (Å²) in [5.41, 5.74) is 5.77. The first-order valence-electron chi connectivity index (χ1n) is 10.3. The standard InChI is InChI=1S/C19H30N4O6/c1-11(24)15(20)18(27)22-9-3-6-13(22)16(25)21-8-2-5-12(21)17(26)23-10-4-7-14(23)19(28)29/h11-15,24H,2-10,20H2,1H3,(H,28,29). The van der Waals surface area contributed by atoms with E-state index < -0.39 is 42.1 Å². The number of rotatable bonds is 5. The summed E-state index contributed by atoms with van der Waals surface area (Å²) >= 11 is 0. The molecule has 0 radical (unpaired) electrons. The van der Waals surface area contributed by atoms with Crippen molar-refractivity contribution < 1.29 is 29.4 Å². The molecular weight excluding hydrogens is 380 g/mol. The van der Waals surface area contributed by atoms with Gasteiger partial charge in [0.1, 0.15) is 24.2 Å². The highest BCUT2D eigenvalue weighted by molar-refractivity contribution is 5.95. The molecule has 0 bridgehead atoms. The van der Waals surface area contributed by atoms with Gasteiger partial charge in [0.25, 0.3) is 0 Å². The summed E-state index contributed by atoms with van der Waals surface area (Å²) in [5, 5.41) is 19.0. The Kier molecular flexibility index (Phi) is 6.42. The number of carbonyl (C=O) groups excluding carboxylic acids is 3. The molecular formula is C19H30N4O6. The zero-order valence-corrected chi connectivity index (χ0v) is 16.7. The Morgan fingerprint density at radius 2 is 1.24 bits per heavy atom. The summed E-state index contributed by atoms with van der Waals surface area (Å²) in [5.74, 6) is -2.11. The maximum Gasteiger partial charge on any atom is 0.326 e. The number of likely N-dealkylation sites (tertiary alicyclic amines) is 3. The largest absolute Gasteiger partial charge is 0.480 e. The van der Waals surface area contributed by atoms with Crippen LogP contribution in [0.3, 0.4) is 0 Å². The molecule has 0 aliphatic carbocycles. The number of amides is 3. The van der Waals surface area contributed by atoms with Gasteiger partial charge < -0.3 is 30.6 Å². The van der Waals surface area contributed by atoms with Crippen molar-refractivity contribution in [2.45, 2.75) is 75.7 Å². The molecule has 0 spiro atoms. The smallest absolute Gasteiger partial charge is 0.326 e. The minimum absolute atomic E-state index is 0.296. The van der Waals surface area contributed by atoms with Crippen molar-refractivity contribution in [3.05, 3.63) is 0 Å². The Labute approximate surface area is 169 Å². The first-order chi connectivity index (χ1) is 13.7. The number of aliphatic carboxylic acids is 1. The third kappa shape index (κ3) is 4.09. The molecule has 0 aromatic rings. The van der Waals surface area contributed by atoms with E-state index in [4.69, 9.17) is 5.73 Å². The number of carbonyl (C=O) groups is 4. The van der Waals surface area contributed by atoms with Gasteiger partial charge >= 0.3 is 5.97 Å². The van der Waals surface area contributed by atoms with Crippen molar-refractivity contribution in [1.82, 2.24) is 14.7 Å². The van der Waals surface area contributed by atoms with Crippen LogP contribution in [0, 0.1) is 0 Å². The predicted molar refractivity (Wildman–Crippen MR) is 101 cm³/mol. The molecule has 3 heterocycles. The van der Waals surface area contributed by atoms with Crippen LogP contribution < -0.4 is 5.73 Å². The van der Waals surface area contributed by atoms with Crippen molar-refractivity contribution in [2.75, 3.05) is 19.6 Å². The summed E-state index contributed by atoms with van der Waals surface area (Å²) < 4.78 is 0. The van der Waals surface area contributed by atoms with E-state index in [1.54, 1.807) is 0 Å². The minimum Gasteiger partial charge on any atom is -0.480 e. The van der Waals surface area contributed by atoms with Crippen molar-refractivity contribution in [1.29, 1.82) is 0 Å². The first kappa shape index (κ1) is 21.5. The first-order valence-corrected chi connectivity index (χ1v) is 10.3. The van der Waals surface area contributed by atoms with Crippen molar-refractivity contribution in [3.63, 3.8) is 0 Å². The molecule has 10 nitrogen and oxygen atoms in total. The number of carboxylic acids is 1. The number of hydrogen-bond donors (Lipinski definition) is 3. The second kappa shape index (κ2) is 8.66. The topological polar surface area (TPSA) is 144 Å². The molecule has 3 rings (SSSR count). The van der Waals surface area contributed by atoms with Gasteiger partial charge in [-0.1, -0.05) is 0 Å². The Bertz CT molecular complexity index is 684. The van der Waals surface area contributed by atoms with E-state index in [1.165, 1.54) is 21.6 Å². The summed E-state index contributed by atoms with van der Waals surface area (Å²) in [4.78, 5) is 54.6.